The first-order valence-corrected chi connectivity index (χ1v) is 7.42. The Bertz CT molecular complexity index is 453. The van der Waals surface area contributed by atoms with Gasteiger partial charge in [-0.2, -0.15) is 0 Å². The van der Waals surface area contributed by atoms with Gasteiger partial charge in [-0.25, -0.2) is 9.97 Å². The Morgan fingerprint density at radius 3 is 2.37 bits per heavy atom. The zero-order chi connectivity index (χ0) is 12.9. The van der Waals surface area contributed by atoms with Crippen LogP contribution in [0.25, 0.3) is 0 Å². The Morgan fingerprint density at radius 2 is 1.79 bits per heavy atom. The minimum atomic E-state index is 0.128. The van der Waals surface area contributed by atoms with E-state index in [0.717, 1.165) is 23.6 Å². The van der Waals surface area contributed by atoms with Crippen molar-refractivity contribution < 1.29 is 4.74 Å². The summed E-state index contributed by atoms with van der Waals surface area (Å²) in [6.45, 7) is 0.511. The summed E-state index contributed by atoms with van der Waals surface area (Å²) < 4.78 is 6.30. The Morgan fingerprint density at radius 1 is 1.16 bits per heavy atom. The molecule has 1 heterocycles. The molecule has 0 unspecified atom stereocenters. The quantitative estimate of drug-likeness (QED) is 0.906. The van der Waals surface area contributed by atoms with Gasteiger partial charge in [-0.05, 0) is 62.3 Å². The van der Waals surface area contributed by atoms with Gasteiger partial charge in [0.2, 0.25) is 0 Å². The minimum Gasteiger partial charge on any atom is -0.384 e. The van der Waals surface area contributed by atoms with E-state index in [1.807, 2.05) is 0 Å². The smallest absolute Gasteiger partial charge is 0.156 e. The summed E-state index contributed by atoms with van der Waals surface area (Å²) in [7, 11) is 0. The van der Waals surface area contributed by atoms with Crippen LogP contribution in [-0.4, -0.2) is 15.6 Å². The largest absolute Gasteiger partial charge is 0.384 e. The maximum atomic E-state index is 6.30. The lowest BCUT2D eigenvalue weighted by molar-refractivity contribution is -0.169. The van der Waals surface area contributed by atoms with Gasteiger partial charge in [0.05, 0.1) is 5.60 Å². The second kappa shape index (κ2) is 4.17. The van der Waals surface area contributed by atoms with Crippen LogP contribution >= 0.6 is 0 Å². The molecule has 0 aliphatic heterocycles. The van der Waals surface area contributed by atoms with Gasteiger partial charge in [0.1, 0.15) is 12.4 Å². The van der Waals surface area contributed by atoms with E-state index in [1.165, 1.54) is 38.5 Å². The molecule has 1 aromatic rings. The van der Waals surface area contributed by atoms with E-state index in [1.54, 1.807) is 12.3 Å². The van der Waals surface area contributed by atoms with Crippen molar-refractivity contribution >= 4 is 5.82 Å². The number of aromatic nitrogens is 2. The first-order chi connectivity index (χ1) is 9.21. The van der Waals surface area contributed by atoms with Gasteiger partial charge < -0.3 is 10.5 Å². The predicted octanol–water partition coefficient (Wildman–Crippen LogP) is 2.54. The molecule has 19 heavy (non-hydrogen) atoms. The van der Waals surface area contributed by atoms with Crippen LogP contribution in [0.4, 0.5) is 5.82 Å². The van der Waals surface area contributed by atoms with Crippen LogP contribution in [0.1, 0.15) is 44.3 Å². The molecule has 4 fully saturated rings. The van der Waals surface area contributed by atoms with Crippen LogP contribution in [0.5, 0.6) is 0 Å². The summed E-state index contributed by atoms with van der Waals surface area (Å²) in [5.74, 6) is 3.98. The second-order valence-corrected chi connectivity index (χ2v) is 6.79. The number of anilines is 1. The van der Waals surface area contributed by atoms with Crippen LogP contribution in [0, 0.1) is 17.8 Å². The summed E-state index contributed by atoms with van der Waals surface area (Å²) in [6, 6.07) is 1.72. The fourth-order valence-electron chi connectivity index (χ4n) is 4.91. The molecule has 4 bridgehead atoms. The molecule has 1 aromatic heterocycles. The van der Waals surface area contributed by atoms with Crippen molar-refractivity contribution in [2.75, 3.05) is 5.73 Å². The SMILES string of the molecule is Nc1ccnc(COC23CC4CC(CC(C4)C2)C3)n1. The standard InChI is InChI=1S/C15H21N3O/c16-13-1-2-17-14(18-13)9-19-15-6-10-3-11(7-15)5-12(4-10)8-15/h1-2,10-12H,3-9H2,(H2,16,17,18). The summed E-state index contributed by atoms with van der Waals surface area (Å²) in [5, 5.41) is 0. The Hall–Kier alpha value is -1.16. The van der Waals surface area contributed by atoms with Gasteiger partial charge in [0.25, 0.3) is 0 Å². The van der Waals surface area contributed by atoms with Crippen molar-refractivity contribution in [1.82, 2.24) is 9.97 Å². The first-order valence-electron chi connectivity index (χ1n) is 7.42. The number of rotatable bonds is 3. The van der Waals surface area contributed by atoms with Crippen molar-refractivity contribution in [3.63, 3.8) is 0 Å². The molecule has 0 atom stereocenters. The molecule has 0 saturated heterocycles. The summed E-state index contributed by atoms with van der Waals surface area (Å²) in [5.41, 5.74) is 5.82. The number of nitrogens with zero attached hydrogens (tertiary/aromatic N) is 2. The Kier molecular flexibility index (Phi) is 2.56. The molecule has 0 aromatic carbocycles. The lowest BCUT2D eigenvalue weighted by atomic mass is 9.54. The molecule has 4 nitrogen and oxygen atoms in total. The molecular formula is C15H21N3O. The van der Waals surface area contributed by atoms with Crippen molar-refractivity contribution in [3.8, 4) is 0 Å². The average Bonchev–Trinajstić information content (AvgIpc) is 2.35. The molecule has 0 radical (unpaired) electrons. The number of ether oxygens (including phenoxy) is 1. The third kappa shape index (κ3) is 2.12. The van der Waals surface area contributed by atoms with Crippen molar-refractivity contribution in [1.29, 1.82) is 0 Å². The summed E-state index contributed by atoms with van der Waals surface area (Å²) >= 11 is 0. The highest BCUT2D eigenvalue weighted by molar-refractivity contribution is 5.24. The second-order valence-electron chi connectivity index (χ2n) is 6.79. The van der Waals surface area contributed by atoms with Crippen LogP contribution < -0.4 is 5.73 Å². The van der Waals surface area contributed by atoms with Gasteiger partial charge in [0.15, 0.2) is 5.82 Å². The van der Waals surface area contributed by atoms with Gasteiger partial charge in [-0.3, -0.25) is 0 Å². The molecule has 4 aliphatic carbocycles. The molecular weight excluding hydrogens is 238 g/mol. The monoisotopic (exact) mass is 259 g/mol. The van der Waals surface area contributed by atoms with Crippen molar-refractivity contribution in [3.05, 3.63) is 18.1 Å². The van der Waals surface area contributed by atoms with Gasteiger partial charge >= 0.3 is 0 Å². The summed E-state index contributed by atoms with van der Waals surface area (Å²) in [4.78, 5) is 8.47. The fourth-order valence-corrected chi connectivity index (χ4v) is 4.91. The molecule has 2 N–H and O–H groups in total. The molecule has 4 heteroatoms. The van der Waals surface area contributed by atoms with E-state index in [-0.39, 0.29) is 5.60 Å². The number of hydrogen-bond donors (Lipinski definition) is 1. The zero-order valence-electron chi connectivity index (χ0n) is 11.2. The van der Waals surface area contributed by atoms with E-state index in [0.29, 0.717) is 12.4 Å². The Labute approximate surface area is 113 Å². The normalized spacial score (nSPS) is 39.7. The van der Waals surface area contributed by atoms with E-state index in [4.69, 9.17) is 10.5 Å². The molecule has 0 spiro atoms. The zero-order valence-corrected chi connectivity index (χ0v) is 11.2. The van der Waals surface area contributed by atoms with Crippen molar-refractivity contribution in [2.45, 2.75) is 50.7 Å². The highest BCUT2D eigenvalue weighted by Gasteiger charge is 2.51. The lowest BCUT2D eigenvalue weighted by Gasteiger charge is -2.56. The number of hydrogen-bond acceptors (Lipinski definition) is 4. The third-order valence-electron chi connectivity index (χ3n) is 5.22. The topological polar surface area (TPSA) is 61.0 Å². The maximum Gasteiger partial charge on any atom is 0.156 e. The molecule has 4 aliphatic rings. The maximum absolute atomic E-state index is 6.30. The van der Waals surface area contributed by atoms with Gasteiger partial charge in [-0.15, -0.1) is 0 Å². The van der Waals surface area contributed by atoms with Crippen LogP contribution in [-0.2, 0) is 11.3 Å². The molecule has 5 rings (SSSR count). The van der Waals surface area contributed by atoms with Crippen LogP contribution in [0.15, 0.2) is 12.3 Å². The molecule has 0 amide bonds. The predicted molar refractivity (Wildman–Crippen MR) is 72.1 cm³/mol. The van der Waals surface area contributed by atoms with Gasteiger partial charge in [0, 0.05) is 6.20 Å². The first kappa shape index (κ1) is 11.6. The van der Waals surface area contributed by atoms with E-state index >= 15 is 0 Å². The van der Waals surface area contributed by atoms with E-state index in [2.05, 4.69) is 9.97 Å². The highest BCUT2D eigenvalue weighted by atomic mass is 16.5. The Balaban J connectivity index is 1.48. The average molecular weight is 259 g/mol. The fraction of sp³-hybridized carbons (Fsp3) is 0.733. The summed E-state index contributed by atoms with van der Waals surface area (Å²) in [6.07, 6.45) is 9.79. The molecule has 102 valence electrons. The highest BCUT2D eigenvalue weighted by Crippen LogP contribution is 2.57. The number of nitrogen functional groups attached to an aromatic ring is 1. The van der Waals surface area contributed by atoms with E-state index in [9.17, 15) is 0 Å². The van der Waals surface area contributed by atoms with Crippen molar-refractivity contribution in [2.24, 2.45) is 17.8 Å². The number of nitrogens with two attached hydrogens (primary N) is 1. The van der Waals surface area contributed by atoms with Gasteiger partial charge in [-0.1, -0.05) is 0 Å². The third-order valence-corrected chi connectivity index (χ3v) is 5.22. The van der Waals surface area contributed by atoms with E-state index < -0.39 is 0 Å². The van der Waals surface area contributed by atoms with Crippen LogP contribution in [0.2, 0.25) is 0 Å². The minimum absolute atomic E-state index is 0.128. The lowest BCUT2D eigenvalue weighted by Crippen LogP contribution is -2.51. The molecule has 4 saturated carbocycles. The van der Waals surface area contributed by atoms with Crippen LogP contribution in [0.3, 0.4) is 0 Å².